The van der Waals surface area contributed by atoms with E-state index in [1.807, 2.05) is 35.3 Å². The van der Waals surface area contributed by atoms with Gasteiger partial charge in [0.05, 0.1) is 11.7 Å². The molecule has 0 amide bonds. The topological polar surface area (TPSA) is 43.8 Å². The summed E-state index contributed by atoms with van der Waals surface area (Å²) >= 11 is 1.88. The van der Waals surface area contributed by atoms with E-state index in [9.17, 15) is 0 Å². The van der Waals surface area contributed by atoms with Gasteiger partial charge in [0.15, 0.2) is 0 Å². The summed E-state index contributed by atoms with van der Waals surface area (Å²) in [6.45, 7) is 0. The number of hydrogen-bond acceptors (Lipinski definition) is 3. The molecule has 0 fully saturated rings. The molecule has 2 aromatic rings. The minimum absolute atomic E-state index is 0.0295. The largest absolute Gasteiger partial charge is 0.318 e. The average molecular weight is 247 g/mol. The molecular formula is C13H17N3S. The lowest BCUT2D eigenvalue weighted by Gasteiger charge is -2.09. The Hall–Kier alpha value is -1.13. The Morgan fingerprint density at radius 2 is 2.24 bits per heavy atom. The smallest absolute Gasteiger partial charge is 0.0816 e. The number of nitrogens with zero attached hydrogens (tertiary/aromatic N) is 2. The van der Waals surface area contributed by atoms with Crippen LogP contribution in [0, 0.1) is 0 Å². The highest BCUT2D eigenvalue weighted by Crippen LogP contribution is 2.34. The van der Waals surface area contributed by atoms with Crippen LogP contribution in [0.25, 0.3) is 0 Å². The van der Waals surface area contributed by atoms with Crippen molar-refractivity contribution in [1.29, 1.82) is 0 Å². The third-order valence-corrected chi connectivity index (χ3v) is 4.82. The molecule has 3 rings (SSSR count). The highest BCUT2D eigenvalue weighted by Gasteiger charge is 2.19. The lowest BCUT2D eigenvalue weighted by molar-refractivity contribution is 0.676. The van der Waals surface area contributed by atoms with Gasteiger partial charge in [-0.3, -0.25) is 4.68 Å². The number of fused-ring (bicyclic) bond motifs is 1. The first-order chi connectivity index (χ1) is 8.25. The molecule has 17 heavy (non-hydrogen) atoms. The lowest BCUT2D eigenvalue weighted by atomic mass is 9.98. The van der Waals surface area contributed by atoms with Crippen molar-refractivity contribution < 1.29 is 0 Å². The molecular weight excluding hydrogens is 230 g/mol. The van der Waals surface area contributed by atoms with Crippen LogP contribution in [0.2, 0.25) is 0 Å². The number of rotatable bonds is 2. The van der Waals surface area contributed by atoms with Crippen molar-refractivity contribution in [2.45, 2.75) is 31.7 Å². The number of aromatic nitrogens is 2. The summed E-state index contributed by atoms with van der Waals surface area (Å²) in [7, 11) is 1.95. The molecule has 0 spiro atoms. The molecule has 0 saturated carbocycles. The van der Waals surface area contributed by atoms with Crippen LogP contribution in [0.3, 0.4) is 0 Å². The molecule has 0 aromatic carbocycles. The van der Waals surface area contributed by atoms with Gasteiger partial charge in [0, 0.05) is 23.0 Å². The van der Waals surface area contributed by atoms with Crippen LogP contribution < -0.4 is 5.73 Å². The number of thiophene rings is 1. The molecule has 1 atom stereocenters. The molecule has 2 aromatic heterocycles. The van der Waals surface area contributed by atoms with Gasteiger partial charge in [-0.15, -0.1) is 11.3 Å². The van der Waals surface area contributed by atoms with E-state index in [1.165, 1.54) is 36.1 Å². The fraction of sp³-hybridized carbons (Fsp3) is 0.462. The molecule has 0 saturated heterocycles. The second-order valence-electron chi connectivity index (χ2n) is 4.66. The maximum Gasteiger partial charge on any atom is 0.0816 e. The van der Waals surface area contributed by atoms with Crippen LogP contribution >= 0.6 is 11.3 Å². The van der Waals surface area contributed by atoms with Crippen LogP contribution in [0.4, 0.5) is 0 Å². The van der Waals surface area contributed by atoms with Crippen molar-refractivity contribution in [2.75, 3.05) is 0 Å². The van der Waals surface area contributed by atoms with Gasteiger partial charge >= 0.3 is 0 Å². The molecule has 90 valence electrons. The van der Waals surface area contributed by atoms with Gasteiger partial charge in [-0.05, 0) is 43.4 Å². The Balaban J connectivity index is 1.94. The fourth-order valence-corrected chi connectivity index (χ4v) is 3.77. The first-order valence-corrected chi connectivity index (χ1v) is 6.92. The van der Waals surface area contributed by atoms with Crippen LogP contribution in [0.5, 0.6) is 0 Å². The van der Waals surface area contributed by atoms with Gasteiger partial charge in [0.2, 0.25) is 0 Å². The Morgan fingerprint density at radius 3 is 2.94 bits per heavy atom. The van der Waals surface area contributed by atoms with Crippen molar-refractivity contribution in [3.05, 3.63) is 39.3 Å². The van der Waals surface area contributed by atoms with Crippen LogP contribution in [0.1, 0.15) is 39.9 Å². The van der Waals surface area contributed by atoms with Crippen LogP contribution in [-0.4, -0.2) is 9.78 Å². The summed E-state index contributed by atoms with van der Waals surface area (Å²) in [6.07, 6.45) is 6.92. The third-order valence-electron chi connectivity index (χ3n) is 3.50. The molecule has 4 heteroatoms. The summed E-state index contributed by atoms with van der Waals surface area (Å²) in [4.78, 5) is 2.82. The molecule has 3 nitrogen and oxygen atoms in total. The highest BCUT2D eigenvalue weighted by molar-refractivity contribution is 7.12. The van der Waals surface area contributed by atoms with E-state index < -0.39 is 0 Å². The van der Waals surface area contributed by atoms with Crippen molar-refractivity contribution in [3.8, 4) is 0 Å². The van der Waals surface area contributed by atoms with Crippen molar-refractivity contribution in [3.63, 3.8) is 0 Å². The van der Waals surface area contributed by atoms with Gasteiger partial charge in [0.1, 0.15) is 0 Å². The van der Waals surface area contributed by atoms with Gasteiger partial charge in [-0.2, -0.15) is 5.10 Å². The van der Waals surface area contributed by atoms with Gasteiger partial charge in [-0.25, -0.2) is 0 Å². The molecule has 0 aliphatic heterocycles. The summed E-state index contributed by atoms with van der Waals surface area (Å²) < 4.78 is 1.86. The van der Waals surface area contributed by atoms with E-state index in [4.69, 9.17) is 5.73 Å². The van der Waals surface area contributed by atoms with E-state index in [0.29, 0.717) is 0 Å². The van der Waals surface area contributed by atoms with Crippen molar-refractivity contribution in [1.82, 2.24) is 9.78 Å². The van der Waals surface area contributed by atoms with Gasteiger partial charge < -0.3 is 5.73 Å². The number of nitrogens with two attached hydrogens (primary N) is 1. The van der Waals surface area contributed by atoms with E-state index in [1.54, 1.807) is 4.88 Å². The predicted octanol–water partition coefficient (Wildman–Crippen LogP) is 2.41. The zero-order valence-corrected chi connectivity index (χ0v) is 10.8. The first kappa shape index (κ1) is 11.0. The van der Waals surface area contributed by atoms with E-state index in [-0.39, 0.29) is 6.04 Å². The Labute approximate surface area is 105 Å². The zero-order chi connectivity index (χ0) is 11.8. The molecule has 2 heterocycles. The average Bonchev–Trinajstić information content (AvgIpc) is 2.93. The van der Waals surface area contributed by atoms with E-state index in [0.717, 1.165) is 5.69 Å². The third kappa shape index (κ3) is 1.91. The van der Waals surface area contributed by atoms with E-state index >= 15 is 0 Å². The van der Waals surface area contributed by atoms with Crippen LogP contribution in [0.15, 0.2) is 18.3 Å². The minimum atomic E-state index is -0.0295. The van der Waals surface area contributed by atoms with Crippen molar-refractivity contribution in [2.24, 2.45) is 12.8 Å². The maximum absolute atomic E-state index is 6.32. The Kier molecular flexibility index (Phi) is 2.76. The summed E-state index contributed by atoms with van der Waals surface area (Å²) in [5.41, 5.74) is 8.93. The van der Waals surface area contributed by atoms with Crippen LogP contribution in [-0.2, 0) is 19.9 Å². The molecule has 0 bridgehead atoms. The fourth-order valence-electron chi connectivity index (χ4n) is 2.50. The normalized spacial score (nSPS) is 16.8. The number of hydrogen-bond donors (Lipinski definition) is 1. The predicted molar refractivity (Wildman–Crippen MR) is 70.2 cm³/mol. The molecule has 1 aliphatic carbocycles. The molecule has 1 aliphatic rings. The molecule has 1 unspecified atom stereocenters. The summed E-state index contributed by atoms with van der Waals surface area (Å²) in [5.74, 6) is 0. The second-order valence-corrected chi connectivity index (χ2v) is 5.83. The Bertz CT molecular complexity index is 503. The molecule has 0 radical (unpaired) electrons. The van der Waals surface area contributed by atoms with Gasteiger partial charge in [-0.1, -0.05) is 0 Å². The number of aryl methyl sites for hydroxylation is 3. The zero-order valence-electron chi connectivity index (χ0n) is 10.0. The monoisotopic (exact) mass is 247 g/mol. The first-order valence-electron chi connectivity index (χ1n) is 6.10. The second kappa shape index (κ2) is 4.27. The van der Waals surface area contributed by atoms with Crippen molar-refractivity contribution >= 4 is 11.3 Å². The SMILES string of the molecule is Cn1nccc1C(N)c1cc2c(s1)CCCC2. The standard InChI is InChI=1S/C13H17N3S/c1-16-10(6-7-15-16)13(14)12-8-9-4-2-3-5-11(9)17-12/h6-8,13H,2-5,14H2,1H3. The minimum Gasteiger partial charge on any atom is -0.318 e. The highest BCUT2D eigenvalue weighted by atomic mass is 32.1. The lowest BCUT2D eigenvalue weighted by Crippen LogP contribution is -2.14. The maximum atomic E-state index is 6.32. The van der Waals surface area contributed by atoms with E-state index in [2.05, 4.69) is 11.2 Å². The summed E-state index contributed by atoms with van der Waals surface area (Å²) in [6, 6.07) is 4.28. The Morgan fingerprint density at radius 1 is 1.41 bits per heavy atom. The van der Waals surface area contributed by atoms with Gasteiger partial charge in [0.25, 0.3) is 0 Å². The molecule has 2 N–H and O–H groups in total. The summed E-state index contributed by atoms with van der Waals surface area (Å²) in [5, 5.41) is 4.19. The quantitative estimate of drug-likeness (QED) is 0.885.